The van der Waals surface area contributed by atoms with Gasteiger partial charge in [-0.1, -0.05) is 30.3 Å². The Morgan fingerprint density at radius 3 is 2.63 bits per heavy atom. The molecule has 1 aromatic heterocycles. The highest BCUT2D eigenvalue weighted by Gasteiger charge is 2.05. The molecule has 100 valence electrons. The molecule has 1 heterocycles. The second kappa shape index (κ2) is 6.53. The van der Waals surface area contributed by atoms with Crippen LogP contribution in [0.1, 0.15) is 24.6 Å². The second-order valence-corrected chi connectivity index (χ2v) is 5.07. The van der Waals surface area contributed by atoms with Gasteiger partial charge in [0.1, 0.15) is 5.82 Å². The van der Waals surface area contributed by atoms with Gasteiger partial charge in [0.05, 0.1) is 0 Å². The van der Waals surface area contributed by atoms with Crippen LogP contribution in [-0.2, 0) is 6.42 Å². The van der Waals surface area contributed by atoms with Crippen molar-refractivity contribution >= 4 is 17.4 Å². The van der Waals surface area contributed by atoms with Gasteiger partial charge in [-0.2, -0.15) is 0 Å². The van der Waals surface area contributed by atoms with E-state index in [1.807, 2.05) is 19.1 Å². The van der Waals surface area contributed by atoms with Crippen molar-refractivity contribution in [2.24, 2.45) is 0 Å². The minimum absolute atomic E-state index is 0.290. The number of hydrogen-bond donors (Lipinski definition) is 1. The number of hydrogen-bond acceptors (Lipinski definition) is 3. The molecular formula is C15H18ClN3. The molecule has 0 saturated carbocycles. The molecule has 1 aromatic carbocycles. The van der Waals surface area contributed by atoms with Gasteiger partial charge < -0.3 is 5.32 Å². The summed E-state index contributed by atoms with van der Waals surface area (Å²) < 4.78 is 0. The van der Waals surface area contributed by atoms with E-state index in [0.29, 0.717) is 6.04 Å². The maximum absolute atomic E-state index is 5.84. The molecule has 2 rings (SSSR count). The van der Waals surface area contributed by atoms with Crippen molar-refractivity contribution in [2.45, 2.75) is 32.7 Å². The van der Waals surface area contributed by atoms with Gasteiger partial charge >= 0.3 is 0 Å². The number of anilines is 1. The lowest BCUT2D eigenvalue weighted by atomic mass is 10.1. The Bertz CT molecular complexity index is 508. The Labute approximate surface area is 119 Å². The molecule has 2 aromatic rings. The Morgan fingerprint density at radius 1 is 1.21 bits per heavy atom. The van der Waals surface area contributed by atoms with Gasteiger partial charge in [-0.05, 0) is 43.9 Å². The van der Waals surface area contributed by atoms with Gasteiger partial charge in [0.15, 0.2) is 0 Å². The molecule has 3 nitrogen and oxygen atoms in total. The van der Waals surface area contributed by atoms with Gasteiger partial charge in [0, 0.05) is 17.8 Å². The molecule has 0 saturated heterocycles. The summed E-state index contributed by atoms with van der Waals surface area (Å²) in [4.78, 5) is 8.22. The van der Waals surface area contributed by atoms with Crippen LogP contribution in [0.15, 0.2) is 36.4 Å². The molecule has 0 fully saturated rings. The summed E-state index contributed by atoms with van der Waals surface area (Å²) in [6, 6.07) is 12.7. The van der Waals surface area contributed by atoms with Gasteiger partial charge in [0.2, 0.25) is 5.28 Å². The predicted octanol–water partition coefficient (Wildman–Crippen LogP) is 3.87. The first-order valence-corrected chi connectivity index (χ1v) is 6.83. The molecular weight excluding hydrogens is 258 g/mol. The Morgan fingerprint density at radius 2 is 1.95 bits per heavy atom. The zero-order chi connectivity index (χ0) is 13.7. The fourth-order valence-electron chi connectivity index (χ4n) is 1.96. The van der Waals surface area contributed by atoms with Crippen molar-refractivity contribution in [2.75, 3.05) is 5.32 Å². The van der Waals surface area contributed by atoms with Crippen LogP contribution in [0.25, 0.3) is 0 Å². The summed E-state index contributed by atoms with van der Waals surface area (Å²) in [5.41, 5.74) is 2.23. The lowest BCUT2D eigenvalue weighted by Crippen LogP contribution is -2.17. The fourth-order valence-corrected chi connectivity index (χ4v) is 2.18. The Hall–Kier alpha value is -1.61. The second-order valence-electron chi connectivity index (χ2n) is 4.73. The molecule has 19 heavy (non-hydrogen) atoms. The van der Waals surface area contributed by atoms with E-state index in [1.165, 1.54) is 5.56 Å². The van der Waals surface area contributed by atoms with E-state index < -0.39 is 0 Å². The standard InChI is InChI=1S/C15H18ClN3/c1-11(8-9-13-6-4-3-5-7-13)17-14-10-12(2)18-15(16)19-14/h3-7,10-11H,8-9H2,1-2H3,(H,17,18,19). The number of halogens is 1. The van der Waals surface area contributed by atoms with E-state index in [0.717, 1.165) is 24.4 Å². The molecule has 0 aliphatic carbocycles. The maximum atomic E-state index is 5.84. The van der Waals surface area contributed by atoms with Crippen molar-refractivity contribution in [3.05, 3.63) is 52.9 Å². The molecule has 1 N–H and O–H groups in total. The van der Waals surface area contributed by atoms with E-state index in [4.69, 9.17) is 11.6 Å². The minimum Gasteiger partial charge on any atom is -0.367 e. The van der Waals surface area contributed by atoms with Crippen LogP contribution in [0, 0.1) is 6.92 Å². The molecule has 0 bridgehead atoms. The topological polar surface area (TPSA) is 37.8 Å². The summed E-state index contributed by atoms with van der Waals surface area (Å²) in [5.74, 6) is 0.790. The van der Waals surface area contributed by atoms with Gasteiger partial charge in [-0.25, -0.2) is 9.97 Å². The average molecular weight is 276 g/mol. The maximum Gasteiger partial charge on any atom is 0.224 e. The highest BCUT2D eigenvalue weighted by Crippen LogP contribution is 2.13. The van der Waals surface area contributed by atoms with E-state index in [-0.39, 0.29) is 5.28 Å². The number of nitrogens with one attached hydrogen (secondary N) is 1. The van der Waals surface area contributed by atoms with Crippen LogP contribution in [0.4, 0.5) is 5.82 Å². The third-order valence-corrected chi connectivity index (χ3v) is 3.10. The van der Waals surface area contributed by atoms with Crippen LogP contribution in [0.5, 0.6) is 0 Å². The van der Waals surface area contributed by atoms with E-state index in [1.54, 1.807) is 0 Å². The average Bonchev–Trinajstić information content (AvgIpc) is 2.36. The van der Waals surface area contributed by atoms with Crippen molar-refractivity contribution in [3.63, 3.8) is 0 Å². The predicted molar refractivity (Wildman–Crippen MR) is 79.6 cm³/mol. The molecule has 1 atom stereocenters. The fraction of sp³-hybridized carbons (Fsp3) is 0.333. The monoisotopic (exact) mass is 275 g/mol. The van der Waals surface area contributed by atoms with Crippen molar-refractivity contribution in [1.29, 1.82) is 0 Å². The molecule has 0 spiro atoms. The van der Waals surface area contributed by atoms with Crippen LogP contribution >= 0.6 is 11.6 Å². The first-order valence-electron chi connectivity index (χ1n) is 6.45. The zero-order valence-electron chi connectivity index (χ0n) is 11.2. The first kappa shape index (κ1) is 13.8. The first-order chi connectivity index (χ1) is 9.13. The highest BCUT2D eigenvalue weighted by atomic mass is 35.5. The molecule has 0 amide bonds. The van der Waals surface area contributed by atoms with E-state index >= 15 is 0 Å². The van der Waals surface area contributed by atoms with Crippen LogP contribution in [-0.4, -0.2) is 16.0 Å². The lowest BCUT2D eigenvalue weighted by molar-refractivity contribution is 0.702. The number of nitrogens with zero attached hydrogens (tertiary/aromatic N) is 2. The van der Waals surface area contributed by atoms with Crippen molar-refractivity contribution < 1.29 is 0 Å². The van der Waals surface area contributed by atoms with Crippen LogP contribution in [0.3, 0.4) is 0 Å². The number of aryl methyl sites for hydroxylation is 2. The largest absolute Gasteiger partial charge is 0.367 e. The summed E-state index contributed by atoms with van der Waals surface area (Å²) >= 11 is 5.84. The molecule has 0 radical (unpaired) electrons. The minimum atomic E-state index is 0.290. The lowest BCUT2D eigenvalue weighted by Gasteiger charge is -2.14. The third-order valence-electron chi connectivity index (χ3n) is 2.93. The molecule has 0 aliphatic rings. The zero-order valence-corrected chi connectivity index (χ0v) is 12.0. The smallest absolute Gasteiger partial charge is 0.224 e. The van der Waals surface area contributed by atoms with Gasteiger partial charge in [0.25, 0.3) is 0 Å². The molecule has 1 unspecified atom stereocenters. The molecule has 4 heteroatoms. The SMILES string of the molecule is Cc1cc(NC(C)CCc2ccccc2)nc(Cl)n1. The van der Waals surface area contributed by atoms with Crippen molar-refractivity contribution in [3.8, 4) is 0 Å². The van der Waals surface area contributed by atoms with E-state index in [9.17, 15) is 0 Å². The summed E-state index contributed by atoms with van der Waals surface area (Å²) in [6.45, 7) is 4.06. The van der Waals surface area contributed by atoms with Gasteiger partial charge in [-0.3, -0.25) is 0 Å². The van der Waals surface area contributed by atoms with Crippen LogP contribution < -0.4 is 5.32 Å². The van der Waals surface area contributed by atoms with Gasteiger partial charge in [-0.15, -0.1) is 0 Å². The third kappa shape index (κ3) is 4.52. The Balaban J connectivity index is 1.89. The summed E-state index contributed by atoms with van der Waals surface area (Å²) in [6.07, 6.45) is 2.09. The quantitative estimate of drug-likeness (QED) is 0.842. The molecule has 0 aliphatic heterocycles. The number of rotatable bonds is 5. The number of aromatic nitrogens is 2. The summed E-state index contributed by atoms with van der Waals surface area (Å²) in [7, 11) is 0. The Kier molecular flexibility index (Phi) is 4.74. The van der Waals surface area contributed by atoms with Crippen LogP contribution in [0.2, 0.25) is 5.28 Å². The van der Waals surface area contributed by atoms with E-state index in [2.05, 4.69) is 46.5 Å². The van der Waals surface area contributed by atoms with Crippen molar-refractivity contribution in [1.82, 2.24) is 9.97 Å². The highest BCUT2D eigenvalue weighted by molar-refractivity contribution is 6.28. The summed E-state index contributed by atoms with van der Waals surface area (Å²) in [5, 5.41) is 3.65. The number of benzene rings is 1. The normalized spacial score (nSPS) is 12.2.